The first-order valence-corrected chi connectivity index (χ1v) is 12.8. The van der Waals surface area contributed by atoms with Crippen LogP contribution in [0.2, 0.25) is 0 Å². The number of para-hydroxylation sites is 1. The predicted molar refractivity (Wildman–Crippen MR) is 146 cm³/mol. The van der Waals surface area contributed by atoms with Crippen molar-refractivity contribution in [3.8, 4) is 11.5 Å². The van der Waals surface area contributed by atoms with Crippen LogP contribution in [0.5, 0.6) is 11.5 Å². The molecule has 1 amide bonds. The van der Waals surface area contributed by atoms with Gasteiger partial charge in [-0.2, -0.15) is 0 Å². The highest BCUT2D eigenvalue weighted by Gasteiger charge is 2.31. The summed E-state index contributed by atoms with van der Waals surface area (Å²) in [4.78, 5) is 18.4. The van der Waals surface area contributed by atoms with Crippen LogP contribution in [0.4, 0.5) is 5.69 Å². The number of aliphatic imine (C=N–C) groups is 1. The highest BCUT2D eigenvalue weighted by Crippen LogP contribution is 2.39. The van der Waals surface area contributed by atoms with E-state index in [9.17, 15) is 4.79 Å². The summed E-state index contributed by atoms with van der Waals surface area (Å²) >= 11 is 5.06. The molecule has 6 nitrogen and oxygen atoms in total. The Labute approximate surface area is 218 Å². The van der Waals surface area contributed by atoms with Gasteiger partial charge in [0.25, 0.3) is 5.91 Å². The van der Waals surface area contributed by atoms with Crippen LogP contribution in [-0.2, 0) is 10.5 Å². The minimum absolute atomic E-state index is 0.218. The van der Waals surface area contributed by atoms with E-state index in [0.717, 1.165) is 32.3 Å². The van der Waals surface area contributed by atoms with Crippen molar-refractivity contribution in [3.05, 3.63) is 99.7 Å². The van der Waals surface area contributed by atoms with Gasteiger partial charge in [-0.05, 0) is 48.9 Å². The first-order chi connectivity index (χ1) is 17.0. The number of nitrogens with zero attached hydrogens (tertiary/aromatic N) is 1. The number of anilines is 1. The highest BCUT2D eigenvalue weighted by molar-refractivity contribution is 9.10. The molecule has 0 fully saturated rings. The van der Waals surface area contributed by atoms with Crippen LogP contribution >= 0.6 is 27.7 Å². The molecule has 0 unspecified atom stereocenters. The lowest BCUT2D eigenvalue weighted by Gasteiger charge is -2.27. The van der Waals surface area contributed by atoms with Gasteiger partial charge in [0.05, 0.1) is 19.8 Å². The number of ether oxygens (including phenoxy) is 2. The minimum Gasteiger partial charge on any atom is -0.497 e. The van der Waals surface area contributed by atoms with E-state index in [0.29, 0.717) is 17.1 Å². The van der Waals surface area contributed by atoms with Crippen molar-refractivity contribution in [2.45, 2.75) is 18.7 Å². The van der Waals surface area contributed by atoms with Crippen molar-refractivity contribution in [1.82, 2.24) is 5.32 Å². The molecule has 0 aliphatic carbocycles. The number of rotatable bonds is 7. The largest absolute Gasteiger partial charge is 0.497 e. The van der Waals surface area contributed by atoms with Gasteiger partial charge in [-0.25, -0.2) is 4.99 Å². The number of halogens is 1. The number of hydrogen-bond donors (Lipinski definition) is 2. The molecular weight excluding hydrogens is 526 g/mol. The summed E-state index contributed by atoms with van der Waals surface area (Å²) < 4.78 is 12.1. The van der Waals surface area contributed by atoms with E-state index in [1.807, 2.05) is 67.6 Å². The molecule has 1 heterocycles. The van der Waals surface area contributed by atoms with Crippen molar-refractivity contribution in [2.75, 3.05) is 19.5 Å². The maximum atomic E-state index is 13.4. The third-order valence-corrected chi connectivity index (χ3v) is 7.01. The molecule has 2 N–H and O–H groups in total. The first kappa shape index (κ1) is 24.9. The smallest absolute Gasteiger partial charge is 0.255 e. The molecule has 180 valence electrons. The van der Waals surface area contributed by atoms with Gasteiger partial charge in [0.15, 0.2) is 5.17 Å². The molecule has 0 bridgehead atoms. The van der Waals surface area contributed by atoms with Crippen molar-refractivity contribution in [3.63, 3.8) is 0 Å². The number of methoxy groups -OCH3 is 2. The number of hydrogen-bond acceptors (Lipinski definition) is 6. The highest BCUT2D eigenvalue weighted by atomic mass is 79.9. The third-order valence-electron chi connectivity index (χ3n) is 5.52. The summed E-state index contributed by atoms with van der Waals surface area (Å²) in [5.74, 6) is 1.80. The van der Waals surface area contributed by atoms with E-state index in [1.165, 1.54) is 5.56 Å². The van der Waals surface area contributed by atoms with Crippen LogP contribution in [0.3, 0.4) is 0 Å². The SMILES string of the molecule is COc1ccc([C@@H]2N=C(SCc3ccc(Br)cc3)NC(C)=C2C(=O)Nc2ccccc2)c(OC)c1. The van der Waals surface area contributed by atoms with Crippen molar-refractivity contribution >= 4 is 44.5 Å². The zero-order valence-electron chi connectivity index (χ0n) is 19.7. The second-order valence-corrected chi connectivity index (χ2v) is 9.72. The van der Waals surface area contributed by atoms with E-state index in [2.05, 4.69) is 38.7 Å². The lowest BCUT2D eigenvalue weighted by molar-refractivity contribution is -0.113. The fraction of sp³-hybridized carbons (Fsp3) is 0.185. The van der Waals surface area contributed by atoms with Gasteiger partial charge in [-0.15, -0.1) is 0 Å². The van der Waals surface area contributed by atoms with Gasteiger partial charge in [0.2, 0.25) is 0 Å². The van der Waals surface area contributed by atoms with Gasteiger partial charge >= 0.3 is 0 Å². The van der Waals surface area contributed by atoms with Crippen LogP contribution in [0.25, 0.3) is 0 Å². The molecule has 0 spiro atoms. The molecule has 4 rings (SSSR count). The van der Waals surface area contributed by atoms with Crippen LogP contribution in [0, 0.1) is 0 Å². The Morgan fingerprint density at radius 2 is 1.80 bits per heavy atom. The second-order valence-electron chi connectivity index (χ2n) is 7.84. The molecule has 3 aromatic rings. The number of amidine groups is 1. The topological polar surface area (TPSA) is 72.0 Å². The van der Waals surface area contributed by atoms with Crippen LogP contribution < -0.4 is 20.1 Å². The Bertz CT molecular complexity index is 1260. The average Bonchev–Trinajstić information content (AvgIpc) is 2.88. The molecule has 1 aliphatic rings. The first-order valence-electron chi connectivity index (χ1n) is 11.0. The zero-order chi connectivity index (χ0) is 24.8. The van der Waals surface area contributed by atoms with Crippen LogP contribution in [0.1, 0.15) is 24.1 Å². The fourth-order valence-electron chi connectivity index (χ4n) is 3.74. The number of carbonyl (C=O) groups excluding carboxylic acids is 1. The van der Waals surface area contributed by atoms with E-state index in [4.69, 9.17) is 14.5 Å². The number of amides is 1. The lowest BCUT2D eigenvalue weighted by Crippen LogP contribution is -2.32. The maximum Gasteiger partial charge on any atom is 0.255 e. The number of thioether (sulfide) groups is 1. The van der Waals surface area contributed by atoms with E-state index < -0.39 is 6.04 Å². The molecule has 8 heteroatoms. The molecular formula is C27H26BrN3O3S. The molecule has 0 saturated carbocycles. The molecule has 1 atom stereocenters. The minimum atomic E-state index is -0.548. The van der Waals surface area contributed by atoms with Crippen molar-refractivity contribution in [1.29, 1.82) is 0 Å². The molecule has 35 heavy (non-hydrogen) atoms. The van der Waals surface area contributed by atoms with Gasteiger partial charge in [0.1, 0.15) is 17.5 Å². The second kappa shape index (κ2) is 11.5. The quantitative estimate of drug-likeness (QED) is 0.359. The Hall–Kier alpha value is -3.23. The Balaban J connectivity index is 1.67. The zero-order valence-corrected chi connectivity index (χ0v) is 22.1. The molecule has 0 radical (unpaired) electrons. The Kier molecular flexibility index (Phi) is 8.15. The molecule has 3 aromatic carbocycles. The summed E-state index contributed by atoms with van der Waals surface area (Å²) in [7, 11) is 3.21. The summed E-state index contributed by atoms with van der Waals surface area (Å²) in [5, 5.41) is 7.07. The normalized spacial score (nSPS) is 15.2. The van der Waals surface area contributed by atoms with Crippen LogP contribution in [0.15, 0.2) is 93.5 Å². The molecule has 1 aliphatic heterocycles. The van der Waals surface area contributed by atoms with Crippen molar-refractivity contribution < 1.29 is 14.3 Å². The summed E-state index contributed by atoms with van der Waals surface area (Å²) in [6.45, 7) is 1.90. The standard InChI is InChI=1S/C27H26BrN3O3S/c1-17-24(26(32)30-20-7-5-4-6-8-20)25(22-14-13-21(33-2)15-23(22)34-3)31-27(29-17)35-16-18-9-11-19(28)12-10-18/h4-15,25H,16H2,1-3H3,(H,29,31)(H,30,32)/t25-/m0/s1. The van der Waals surface area contributed by atoms with Gasteiger partial charge < -0.3 is 20.1 Å². The fourth-order valence-corrected chi connectivity index (χ4v) is 4.90. The Morgan fingerprint density at radius 3 is 2.49 bits per heavy atom. The summed E-state index contributed by atoms with van der Waals surface area (Å²) in [6.07, 6.45) is 0. The van der Waals surface area contributed by atoms with Crippen LogP contribution in [-0.4, -0.2) is 25.3 Å². The van der Waals surface area contributed by atoms with Gasteiger partial charge in [-0.3, -0.25) is 4.79 Å². The van der Waals surface area contributed by atoms with E-state index >= 15 is 0 Å². The Morgan fingerprint density at radius 1 is 1.06 bits per heavy atom. The van der Waals surface area contributed by atoms with Gasteiger partial charge in [0, 0.05) is 33.2 Å². The number of allylic oxidation sites excluding steroid dienone is 1. The lowest BCUT2D eigenvalue weighted by atomic mass is 9.95. The summed E-state index contributed by atoms with van der Waals surface area (Å²) in [6, 6.07) is 22.6. The van der Waals surface area contributed by atoms with E-state index in [-0.39, 0.29) is 5.91 Å². The molecule has 0 saturated heterocycles. The number of carbonyl (C=O) groups is 1. The monoisotopic (exact) mass is 551 g/mol. The number of nitrogens with one attached hydrogen (secondary N) is 2. The van der Waals surface area contributed by atoms with Gasteiger partial charge in [-0.1, -0.05) is 58.0 Å². The molecule has 0 aromatic heterocycles. The predicted octanol–water partition coefficient (Wildman–Crippen LogP) is 6.31. The third kappa shape index (κ3) is 6.07. The summed E-state index contributed by atoms with van der Waals surface area (Å²) in [5.41, 5.74) is 3.96. The van der Waals surface area contributed by atoms with Crippen molar-refractivity contribution in [2.24, 2.45) is 4.99 Å². The number of benzene rings is 3. The maximum absolute atomic E-state index is 13.4. The van der Waals surface area contributed by atoms with E-state index in [1.54, 1.807) is 26.0 Å². The average molecular weight is 552 g/mol.